The Hall–Kier alpha value is -3.38. The highest BCUT2D eigenvalue weighted by molar-refractivity contribution is 5.94. The number of pyridine rings is 1. The number of benzene rings is 2. The number of carbonyl (C=O) groups is 1. The van der Waals surface area contributed by atoms with Gasteiger partial charge in [-0.25, -0.2) is 4.79 Å². The number of hydrogen-bond donors (Lipinski definition) is 2. The molecule has 0 bridgehead atoms. The zero-order valence-electron chi connectivity index (χ0n) is 18.6. The van der Waals surface area contributed by atoms with E-state index in [0.717, 1.165) is 56.0 Å². The third kappa shape index (κ3) is 5.86. The lowest BCUT2D eigenvalue weighted by Crippen LogP contribution is -2.46. The molecule has 2 aromatic carbocycles. The minimum atomic E-state index is -0.144. The predicted molar refractivity (Wildman–Crippen MR) is 131 cm³/mol. The van der Waals surface area contributed by atoms with Gasteiger partial charge in [-0.1, -0.05) is 30.3 Å². The van der Waals surface area contributed by atoms with Crippen molar-refractivity contribution < 1.29 is 4.79 Å². The zero-order valence-corrected chi connectivity index (χ0v) is 18.6. The molecule has 0 radical (unpaired) electrons. The van der Waals surface area contributed by atoms with Crippen LogP contribution in [0.5, 0.6) is 0 Å². The van der Waals surface area contributed by atoms with Gasteiger partial charge < -0.3 is 20.4 Å². The van der Waals surface area contributed by atoms with E-state index >= 15 is 0 Å². The number of likely N-dealkylation sites (tertiary alicyclic amines) is 1. The lowest BCUT2D eigenvalue weighted by molar-refractivity contribution is 0.197. The molecule has 0 atom stereocenters. The van der Waals surface area contributed by atoms with Gasteiger partial charge in [0.1, 0.15) is 0 Å². The van der Waals surface area contributed by atoms with Gasteiger partial charge in [0.15, 0.2) is 0 Å². The summed E-state index contributed by atoms with van der Waals surface area (Å²) in [4.78, 5) is 21.4. The predicted octanol–water partition coefficient (Wildman–Crippen LogP) is 4.68. The van der Waals surface area contributed by atoms with Crippen molar-refractivity contribution in [3.05, 3.63) is 84.7 Å². The van der Waals surface area contributed by atoms with Crippen molar-refractivity contribution in [3.8, 4) is 0 Å². The van der Waals surface area contributed by atoms with E-state index in [-0.39, 0.29) is 12.1 Å². The number of para-hydroxylation sites is 3. The Morgan fingerprint density at radius 3 is 2.44 bits per heavy atom. The summed E-state index contributed by atoms with van der Waals surface area (Å²) >= 11 is 0. The summed E-state index contributed by atoms with van der Waals surface area (Å²) in [6.45, 7) is 3.05. The van der Waals surface area contributed by atoms with Crippen LogP contribution in [0.25, 0.3) is 0 Å². The fourth-order valence-electron chi connectivity index (χ4n) is 4.14. The summed E-state index contributed by atoms with van der Waals surface area (Å²) in [5.41, 5.74) is 4.14. The van der Waals surface area contributed by atoms with Crippen LogP contribution >= 0.6 is 0 Å². The van der Waals surface area contributed by atoms with Crippen molar-refractivity contribution in [1.82, 2.24) is 15.2 Å². The van der Waals surface area contributed by atoms with Crippen molar-refractivity contribution >= 4 is 23.1 Å². The molecular formula is C26H31N5O. The molecule has 4 rings (SSSR count). The first kappa shape index (κ1) is 21.8. The Bertz CT molecular complexity index is 987. The largest absolute Gasteiger partial charge is 0.343 e. The van der Waals surface area contributed by atoms with Gasteiger partial charge in [0.05, 0.1) is 11.4 Å². The number of aromatic nitrogens is 1. The second-order valence-electron chi connectivity index (χ2n) is 8.23. The third-order valence-electron chi connectivity index (χ3n) is 6.05. The van der Waals surface area contributed by atoms with Crippen LogP contribution < -0.4 is 15.5 Å². The van der Waals surface area contributed by atoms with Gasteiger partial charge >= 0.3 is 6.03 Å². The van der Waals surface area contributed by atoms with Crippen LogP contribution in [0.3, 0.4) is 0 Å². The average Bonchev–Trinajstić information content (AvgIpc) is 2.85. The quantitative estimate of drug-likeness (QED) is 0.573. The monoisotopic (exact) mass is 429 g/mol. The van der Waals surface area contributed by atoms with Gasteiger partial charge in [0, 0.05) is 50.8 Å². The van der Waals surface area contributed by atoms with Crippen LogP contribution in [-0.2, 0) is 6.42 Å². The first-order valence-electron chi connectivity index (χ1n) is 11.3. The fourth-order valence-corrected chi connectivity index (χ4v) is 4.14. The molecule has 3 aromatic rings. The minimum Gasteiger partial charge on any atom is -0.343 e. The number of anilines is 3. The number of nitrogens with zero attached hydrogens (tertiary/aromatic N) is 3. The maximum atomic E-state index is 12.7. The average molecular weight is 430 g/mol. The normalized spacial score (nSPS) is 14.7. The topological polar surface area (TPSA) is 60.5 Å². The number of amides is 2. The van der Waals surface area contributed by atoms with Crippen LogP contribution in [0, 0.1) is 0 Å². The van der Waals surface area contributed by atoms with Crippen molar-refractivity contribution in [2.24, 2.45) is 0 Å². The highest BCUT2D eigenvalue weighted by atomic mass is 16.2. The van der Waals surface area contributed by atoms with Crippen LogP contribution in [0.2, 0.25) is 0 Å². The molecule has 6 nitrogen and oxygen atoms in total. The Morgan fingerprint density at radius 1 is 1.00 bits per heavy atom. The molecule has 0 saturated carbocycles. The van der Waals surface area contributed by atoms with Crippen molar-refractivity contribution in [1.29, 1.82) is 0 Å². The SMILES string of the molecule is CN(c1ccccc1)c1ccccc1NC(=O)NC1CCN(CCc2ccncc2)CC1. The summed E-state index contributed by atoms with van der Waals surface area (Å²) in [7, 11) is 2.01. The molecule has 0 aliphatic carbocycles. The fraction of sp³-hybridized carbons (Fsp3) is 0.308. The lowest BCUT2D eigenvalue weighted by atomic mass is 10.0. The summed E-state index contributed by atoms with van der Waals surface area (Å²) in [6.07, 6.45) is 6.66. The molecule has 166 valence electrons. The number of urea groups is 1. The zero-order chi connectivity index (χ0) is 22.2. The van der Waals surface area contributed by atoms with Gasteiger partial charge in [0.2, 0.25) is 0 Å². The molecule has 0 spiro atoms. The molecule has 2 N–H and O–H groups in total. The molecule has 0 unspecified atom stereocenters. The van der Waals surface area contributed by atoms with E-state index in [2.05, 4.69) is 49.7 Å². The molecule has 1 aliphatic rings. The van der Waals surface area contributed by atoms with E-state index in [1.807, 2.05) is 61.9 Å². The van der Waals surface area contributed by atoms with Gasteiger partial charge in [-0.15, -0.1) is 0 Å². The van der Waals surface area contributed by atoms with E-state index < -0.39 is 0 Å². The molecule has 2 amide bonds. The number of rotatable bonds is 7. The van der Waals surface area contributed by atoms with Crippen molar-refractivity contribution in [3.63, 3.8) is 0 Å². The van der Waals surface area contributed by atoms with Crippen LogP contribution in [0.1, 0.15) is 18.4 Å². The van der Waals surface area contributed by atoms with Gasteiger partial charge in [-0.3, -0.25) is 4.98 Å². The molecule has 1 saturated heterocycles. The maximum Gasteiger partial charge on any atom is 0.319 e. The second-order valence-corrected chi connectivity index (χ2v) is 8.23. The molecule has 1 aromatic heterocycles. The standard InChI is InChI=1S/C26H31N5O/c1-30(23-7-3-2-4-8-23)25-10-6-5-9-24(25)29-26(32)28-22-14-19-31(20-15-22)18-13-21-11-16-27-17-12-21/h2-12,16-17,22H,13-15,18-20H2,1H3,(H2,28,29,32). The van der Waals surface area contributed by atoms with E-state index in [1.165, 1.54) is 5.56 Å². The lowest BCUT2D eigenvalue weighted by Gasteiger charge is -2.32. The first-order valence-corrected chi connectivity index (χ1v) is 11.3. The number of piperidine rings is 1. The van der Waals surface area contributed by atoms with Gasteiger partial charge in [-0.2, -0.15) is 0 Å². The molecule has 2 heterocycles. The number of carbonyl (C=O) groups excluding carboxylic acids is 1. The molecule has 6 heteroatoms. The summed E-state index contributed by atoms with van der Waals surface area (Å²) in [6, 6.07) is 22.2. The Morgan fingerprint density at radius 2 is 1.69 bits per heavy atom. The van der Waals surface area contributed by atoms with Crippen molar-refractivity contribution in [2.45, 2.75) is 25.3 Å². The number of hydrogen-bond acceptors (Lipinski definition) is 4. The first-order chi connectivity index (χ1) is 15.7. The highest BCUT2D eigenvalue weighted by Crippen LogP contribution is 2.30. The molecular weight excluding hydrogens is 398 g/mol. The summed E-state index contributed by atoms with van der Waals surface area (Å²) < 4.78 is 0. The molecule has 1 fully saturated rings. The minimum absolute atomic E-state index is 0.144. The van der Waals surface area contributed by atoms with Crippen molar-refractivity contribution in [2.75, 3.05) is 36.9 Å². The maximum absolute atomic E-state index is 12.7. The van der Waals surface area contributed by atoms with Gasteiger partial charge in [-0.05, 0) is 61.2 Å². The van der Waals surface area contributed by atoms with E-state index in [9.17, 15) is 4.79 Å². The van der Waals surface area contributed by atoms with Crippen LogP contribution in [0.4, 0.5) is 21.9 Å². The number of nitrogens with one attached hydrogen (secondary N) is 2. The Kier molecular flexibility index (Phi) is 7.35. The Labute approximate surface area is 190 Å². The highest BCUT2D eigenvalue weighted by Gasteiger charge is 2.21. The second kappa shape index (κ2) is 10.8. The summed E-state index contributed by atoms with van der Waals surface area (Å²) in [5.74, 6) is 0. The Balaban J connectivity index is 1.27. The van der Waals surface area contributed by atoms with E-state index in [4.69, 9.17) is 0 Å². The molecule has 32 heavy (non-hydrogen) atoms. The summed E-state index contributed by atoms with van der Waals surface area (Å²) in [5, 5.41) is 6.22. The van der Waals surface area contributed by atoms with Crippen LogP contribution in [0.15, 0.2) is 79.1 Å². The third-order valence-corrected chi connectivity index (χ3v) is 6.05. The smallest absolute Gasteiger partial charge is 0.319 e. The van der Waals surface area contributed by atoms with E-state index in [1.54, 1.807) is 0 Å². The van der Waals surface area contributed by atoms with Gasteiger partial charge in [0.25, 0.3) is 0 Å². The molecule has 1 aliphatic heterocycles. The van der Waals surface area contributed by atoms with E-state index in [0.29, 0.717) is 0 Å². The van der Waals surface area contributed by atoms with Crippen LogP contribution in [-0.4, -0.2) is 48.6 Å².